The molecule has 0 spiro atoms. The SMILES string of the molecule is Cc1cc(C)c(C2CC(c3ccccc3[N+](=O)[O-])=NO2)c(C)c1. The van der Waals surface area contributed by atoms with E-state index in [2.05, 4.69) is 38.1 Å². The van der Waals surface area contributed by atoms with Gasteiger partial charge in [-0.25, -0.2) is 0 Å². The molecular formula is C18H18N2O3. The van der Waals surface area contributed by atoms with E-state index in [0.717, 1.165) is 16.7 Å². The normalized spacial score (nSPS) is 16.8. The number of aryl methyl sites for hydroxylation is 3. The monoisotopic (exact) mass is 310 g/mol. The van der Waals surface area contributed by atoms with E-state index < -0.39 is 0 Å². The first-order valence-corrected chi connectivity index (χ1v) is 7.51. The second kappa shape index (κ2) is 5.83. The minimum Gasteiger partial charge on any atom is -0.387 e. The molecule has 0 bridgehead atoms. The summed E-state index contributed by atoms with van der Waals surface area (Å²) < 4.78 is 0. The van der Waals surface area contributed by atoms with Crippen LogP contribution < -0.4 is 0 Å². The topological polar surface area (TPSA) is 64.7 Å². The molecule has 3 rings (SSSR count). The van der Waals surface area contributed by atoms with E-state index in [4.69, 9.17) is 4.84 Å². The van der Waals surface area contributed by atoms with Crippen molar-refractivity contribution < 1.29 is 9.76 Å². The summed E-state index contributed by atoms with van der Waals surface area (Å²) >= 11 is 0. The maximum absolute atomic E-state index is 11.2. The highest BCUT2D eigenvalue weighted by molar-refractivity contribution is 6.04. The van der Waals surface area contributed by atoms with Gasteiger partial charge in [0.2, 0.25) is 0 Å². The molecule has 5 heteroatoms. The van der Waals surface area contributed by atoms with Crippen LogP contribution in [0.1, 0.15) is 40.3 Å². The molecule has 1 heterocycles. The van der Waals surface area contributed by atoms with Crippen LogP contribution in [0.5, 0.6) is 0 Å². The van der Waals surface area contributed by atoms with Gasteiger partial charge in [-0.15, -0.1) is 0 Å². The second-order valence-corrected chi connectivity index (χ2v) is 5.92. The lowest BCUT2D eigenvalue weighted by Crippen LogP contribution is -2.07. The first-order chi connectivity index (χ1) is 11.0. The van der Waals surface area contributed by atoms with Gasteiger partial charge in [-0.1, -0.05) is 35.0 Å². The fourth-order valence-corrected chi connectivity index (χ4v) is 3.27. The average Bonchev–Trinajstić information content (AvgIpc) is 2.95. The van der Waals surface area contributed by atoms with Crippen molar-refractivity contribution in [2.75, 3.05) is 0 Å². The van der Waals surface area contributed by atoms with Crippen LogP contribution >= 0.6 is 0 Å². The van der Waals surface area contributed by atoms with Gasteiger partial charge in [0.05, 0.1) is 16.2 Å². The standard InChI is InChI=1S/C18H18N2O3/c1-11-8-12(2)18(13(3)9-11)17-10-15(19-23-17)14-6-4-5-7-16(14)20(21)22/h4-9,17H,10H2,1-3H3. The minimum absolute atomic E-state index is 0.0628. The fraction of sp³-hybridized carbons (Fsp3) is 0.278. The third-order valence-electron chi connectivity index (χ3n) is 4.14. The molecule has 0 amide bonds. The van der Waals surface area contributed by atoms with Crippen LogP contribution in [0.25, 0.3) is 0 Å². The minimum atomic E-state index is -0.381. The Morgan fingerprint density at radius 1 is 1.17 bits per heavy atom. The lowest BCUT2D eigenvalue weighted by molar-refractivity contribution is -0.385. The Morgan fingerprint density at radius 3 is 2.48 bits per heavy atom. The van der Waals surface area contributed by atoms with Gasteiger partial charge in [0, 0.05) is 18.1 Å². The molecule has 2 aromatic carbocycles. The van der Waals surface area contributed by atoms with E-state index in [-0.39, 0.29) is 16.7 Å². The summed E-state index contributed by atoms with van der Waals surface area (Å²) in [5.74, 6) is 0. The Balaban J connectivity index is 1.92. The van der Waals surface area contributed by atoms with Gasteiger partial charge in [0.1, 0.15) is 0 Å². The molecular weight excluding hydrogens is 292 g/mol. The van der Waals surface area contributed by atoms with Gasteiger partial charge in [0.15, 0.2) is 6.10 Å². The molecule has 23 heavy (non-hydrogen) atoms. The molecule has 0 radical (unpaired) electrons. The van der Waals surface area contributed by atoms with Crippen LogP contribution in [0.2, 0.25) is 0 Å². The highest BCUT2D eigenvalue weighted by atomic mass is 16.6. The maximum Gasteiger partial charge on any atom is 0.278 e. The van der Waals surface area contributed by atoms with Gasteiger partial charge < -0.3 is 4.84 Å². The van der Waals surface area contributed by atoms with E-state index in [9.17, 15) is 10.1 Å². The van der Waals surface area contributed by atoms with Gasteiger partial charge >= 0.3 is 0 Å². The summed E-state index contributed by atoms with van der Waals surface area (Å²) in [4.78, 5) is 16.4. The first kappa shape index (κ1) is 15.2. The maximum atomic E-state index is 11.2. The Morgan fingerprint density at radius 2 is 1.83 bits per heavy atom. The quantitative estimate of drug-likeness (QED) is 0.624. The van der Waals surface area contributed by atoms with E-state index in [1.54, 1.807) is 18.2 Å². The van der Waals surface area contributed by atoms with Crippen molar-refractivity contribution in [1.29, 1.82) is 0 Å². The van der Waals surface area contributed by atoms with Crippen LogP contribution in [0.3, 0.4) is 0 Å². The highest BCUT2D eigenvalue weighted by Gasteiger charge is 2.29. The number of rotatable bonds is 3. The Hall–Kier alpha value is -2.69. The van der Waals surface area contributed by atoms with Gasteiger partial charge in [-0.05, 0) is 38.0 Å². The Kier molecular flexibility index (Phi) is 3.86. The zero-order valence-corrected chi connectivity index (χ0v) is 13.4. The molecule has 0 saturated heterocycles. The third kappa shape index (κ3) is 2.82. The van der Waals surface area contributed by atoms with Crippen LogP contribution in [-0.2, 0) is 4.84 Å². The predicted molar refractivity (Wildman–Crippen MR) is 88.7 cm³/mol. The summed E-state index contributed by atoms with van der Waals surface area (Å²) in [7, 11) is 0. The van der Waals surface area contributed by atoms with Crippen molar-refractivity contribution in [2.45, 2.75) is 33.3 Å². The number of benzene rings is 2. The number of nitrogens with zero attached hydrogens (tertiary/aromatic N) is 2. The zero-order chi connectivity index (χ0) is 16.6. The highest BCUT2D eigenvalue weighted by Crippen LogP contribution is 2.35. The molecule has 0 aromatic heterocycles. The van der Waals surface area contributed by atoms with Gasteiger partial charge in [0.25, 0.3) is 5.69 Å². The van der Waals surface area contributed by atoms with E-state index >= 15 is 0 Å². The fourth-order valence-electron chi connectivity index (χ4n) is 3.27. The van der Waals surface area contributed by atoms with E-state index in [1.165, 1.54) is 11.6 Å². The van der Waals surface area contributed by atoms with Crippen LogP contribution in [0.15, 0.2) is 41.6 Å². The Bertz CT molecular complexity index is 789. The van der Waals surface area contributed by atoms with Crippen molar-refractivity contribution >= 4 is 11.4 Å². The van der Waals surface area contributed by atoms with Crippen molar-refractivity contribution in [2.24, 2.45) is 5.16 Å². The lowest BCUT2D eigenvalue weighted by atomic mass is 9.92. The van der Waals surface area contributed by atoms with E-state index in [1.807, 2.05) is 0 Å². The Labute approximate surface area is 134 Å². The number of para-hydroxylation sites is 1. The third-order valence-corrected chi connectivity index (χ3v) is 4.14. The summed E-state index contributed by atoms with van der Waals surface area (Å²) in [5, 5.41) is 15.3. The molecule has 0 N–H and O–H groups in total. The molecule has 0 saturated carbocycles. The smallest absolute Gasteiger partial charge is 0.278 e. The largest absolute Gasteiger partial charge is 0.387 e. The molecule has 1 unspecified atom stereocenters. The molecule has 0 aliphatic carbocycles. The summed E-state index contributed by atoms with van der Waals surface area (Å²) in [6, 6.07) is 10.9. The predicted octanol–water partition coefficient (Wildman–Crippen LogP) is 4.39. The van der Waals surface area contributed by atoms with Crippen molar-refractivity contribution in [3.8, 4) is 0 Å². The number of oxime groups is 1. The molecule has 1 aliphatic heterocycles. The van der Waals surface area contributed by atoms with Crippen molar-refractivity contribution in [3.05, 3.63) is 74.3 Å². The van der Waals surface area contributed by atoms with Crippen molar-refractivity contribution in [3.63, 3.8) is 0 Å². The number of hydrogen-bond donors (Lipinski definition) is 0. The number of hydrogen-bond acceptors (Lipinski definition) is 4. The molecule has 118 valence electrons. The molecule has 1 aliphatic rings. The van der Waals surface area contributed by atoms with Crippen LogP contribution in [0, 0.1) is 30.9 Å². The van der Waals surface area contributed by atoms with Crippen LogP contribution in [0.4, 0.5) is 5.69 Å². The summed E-state index contributed by atoms with van der Waals surface area (Å²) in [6.07, 6.45) is 0.348. The number of nitro benzene ring substituents is 1. The molecule has 1 atom stereocenters. The summed E-state index contributed by atoms with van der Waals surface area (Å²) in [5.41, 5.74) is 5.87. The lowest BCUT2D eigenvalue weighted by Gasteiger charge is -2.16. The van der Waals surface area contributed by atoms with Gasteiger partial charge in [-0.3, -0.25) is 10.1 Å². The number of nitro groups is 1. The zero-order valence-electron chi connectivity index (χ0n) is 13.4. The second-order valence-electron chi connectivity index (χ2n) is 5.92. The molecule has 5 nitrogen and oxygen atoms in total. The average molecular weight is 310 g/mol. The molecule has 0 fully saturated rings. The first-order valence-electron chi connectivity index (χ1n) is 7.51. The molecule has 2 aromatic rings. The van der Waals surface area contributed by atoms with Gasteiger partial charge in [-0.2, -0.15) is 0 Å². The van der Waals surface area contributed by atoms with Crippen molar-refractivity contribution in [1.82, 2.24) is 0 Å². The van der Waals surface area contributed by atoms with Crippen LogP contribution in [-0.4, -0.2) is 10.6 Å². The van der Waals surface area contributed by atoms with E-state index in [0.29, 0.717) is 17.7 Å². The summed E-state index contributed by atoms with van der Waals surface area (Å²) in [6.45, 7) is 6.18.